The number of rotatable bonds is 4. The van der Waals surface area contributed by atoms with E-state index < -0.39 is 0 Å². The van der Waals surface area contributed by atoms with Gasteiger partial charge in [-0.3, -0.25) is 19.3 Å². The Bertz CT molecular complexity index is 560. The van der Waals surface area contributed by atoms with Crippen LogP contribution in [-0.2, 0) is 14.4 Å². The van der Waals surface area contributed by atoms with Gasteiger partial charge in [0.1, 0.15) is 6.54 Å². The van der Waals surface area contributed by atoms with Crippen LogP contribution in [-0.4, -0.2) is 29.2 Å². The molecule has 3 rings (SSSR count). The predicted octanol–water partition coefficient (Wildman–Crippen LogP) is 2.10. The Hall–Kier alpha value is -1.69. The molecule has 6 heteroatoms. The normalized spacial score (nSPS) is 26.0. The van der Waals surface area contributed by atoms with E-state index in [0.29, 0.717) is 0 Å². The highest BCUT2D eigenvalue weighted by Crippen LogP contribution is 2.37. The quantitative estimate of drug-likeness (QED) is 0.864. The Kier molecular flexibility index (Phi) is 4.29. The van der Waals surface area contributed by atoms with Crippen molar-refractivity contribution in [2.45, 2.75) is 38.6 Å². The molecule has 1 aliphatic heterocycles. The average molecular weight is 320 g/mol. The second kappa shape index (κ2) is 6.20. The fraction of sp³-hybridized carbons (Fsp3) is 0.562. The molecule has 118 valence electrons. The van der Waals surface area contributed by atoms with E-state index in [2.05, 4.69) is 5.32 Å². The van der Waals surface area contributed by atoms with Crippen LogP contribution in [0.3, 0.4) is 0 Å². The Labute approximate surface area is 133 Å². The summed E-state index contributed by atoms with van der Waals surface area (Å²) < 4.78 is 0. The highest BCUT2D eigenvalue weighted by molar-refractivity contribution is 7.10. The van der Waals surface area contributed by atoms with Crippen LogP contribution in [0.15, 0.2) is 17.5 Å². The second-order valence-electron chi connectivity index (χ2n) is 6.06. The van der Waals surface area contributed by atoms with Gasteiger partial charge in [0.05, 0.1) is 17.9 Å². The lowest BCUT2D eigenvalue weighted by atomic mass is 9.81. The van der Waals surface area contributed by atoms with Crippen LogP contribution in [0.25, 0.3) is 0 Å². The van der Waals surface area contributed by atoms with Gasteiger partial charge in [0, 0.05) is 4.88 Å². The first-order chi connectivity index (χ1) is 10.6. The molecule has 2 heterocycles. The van der Waals surface area contributed by atoms with Crippen LogP contribution in [0.5, 0.6) is 0 Å². The molecular weight excluding hydrogens is 300 g/mol. The number of hydrogen-bond donors (Lipinski definition) is 1. The molecule has 3 atom stereocenters. The van der Waals surface area contributed by atoms with Crippen molar-refractivity contribution in [1.82, 2.24) is 10.2 Å². The SMILES string of the molecule is CC(NC(=O)CN1C(=O)C2CCCCC2C1=O)c1cccs1. The van der Waals surface area contributed by atoms with Gasteiger partial charge in [-0.1, -0.05) is 18.9 Å². The zero-order valence-electron chi connectivity index (χ0n) is 12.6. The maximum atomic E-state index is 12.3. The van der Waals surface area contributed by atoms with Crippen molar-refractivity contribution >= 4 is 29.1 Å². The Balaban J connectivity index is 1.61. The molecule has 3 amide bonds. The minimum absolute atomic E-state index is 0.109. The summed E-state index contributed by atoms with van der Waals surface area (Å²) in [6, 6.07) is 3.78. The van der Waals surface area contributed by atoms with E-state index in [0.717, 1.165) is 35.5 Å². The van der Waals surface area contributed by atoms with Crippen molar-refractivity contribution in [2.24, 2.45) is 11.8 Å². The smallest absolute Gasteiger partial charge is 0.240 e. The minimum atomic E-state index is -0.277. The zero-order valence-corrected chi connectivity index (χ0v) is 13.4. The van der Waals surface area contributed by atoms with Gasteiger partial charge >= 0.3 is 0 Å². The van der Waals surface area contributed by atoms with E-state index in [-0.39, 0.29) is 42.1 Å². The molecule has 2 aliphatic rings. The number of likely N-dealkylation sites (tertiary alicyclic amines) is 1. The molecule has 5 nitrogen and oxygen atoms in total. The summed E-state index contributed by atoms with van der Waals surface area (Å²) >= 11 is 1.57. The zero-order chi connectivity index (χ0) is 15.7. The first-order valence-electron chi connectivity index (χ1n) is 7.76. The molecule has 0 radical (unpaired) electrons. The van der Waals surface area contributed by atoms with Gasteiger partial charge in [0.15, 0.2) is 0 Å². The fourth-order valence-corrected chi connectivity index (χ4v) is 4.16. The van der Waals surface area contributed by atoms with Crippen molar-refractivity contribution < 1.29 is 14.4 Å². The summed E-state index contributed by atoms with van der Waals surface area (Å²) in [6.45, 7) is 1.75. The van der Waals surface area contributed by atoms with Gasteiger partial charge in [-0.05, 0) is 31.2 Å². The molecule has 1 saturated carbocycles. The molecule has 0 bridgehead atoms. The molecule has 2 fully saturated rings. The average Bonchev–Trinajstić information content (AvgIpc) is 3.12. The topological polar surface area (TPSA) is 66.5 Å². The van der Waals surface area contributed by atoms with E-state index in [1.54, 1.807) is 11.3 Å². The van der Waals surface area contributed by atoms with Crippen molar-refractivity contribution in [2.75, 3.05) is 6.54 Å². The van der Waals surface area contributed by atoms with E-state index in [9.17, 15) is 14.4 Å². The molecular formula is C16H20N2O3S. The maximum absolute atomic E-state index is 12.3. The van der Waals surface area contributed by atoms with E-state index in [1.807, 2.05) is 24.4 Å². The van der Waals surface area contributed by atoms with Crippen LogP contribution in [0, 0.1) is 11.8 Å². The Morgan fingerprint density at radius 3 is 2.50 bits per heavy atom. The largest absolute Gasteiger partial charge is 0.347 e. The summed E-state index contributed by atoms with van der Waals surface area (Å²) in [7, 11) is 0. The number of nitrogens with one attached hydrogen (secondary N) is 1. The van der Waals surface area contributed by atoms with Crippen LogP contribution >= 0.6 is 11.3 Å². The molecule has 1 aromatic rings. The standard InChI is InChI=1S/C16H20N2O3S/c1-10(13-7-4-8-22-13)17-14(19)9-18-15(20)11-5-2-3-6-12(11)16(18)21/h4,7-8,10-12H,2-3,5-6,9H2,1H3,(H,17,19). The van der Waals surface area contributed by atoms with E-state index in [4.69, 9.17) is 0 Å². The lowest BCUT2D eigenvalue weighted by Crippen LogP contribution is -2.41. The number of imide groups is 1. The number of hydrogen-bond acceptors (Lipinski definition) is 4. The molecule has 22 heavy (non-hydrogen) atoms. The summed E-state index contributed by atoms with van der Waals surface area (Å²) in [6.07, 6.45) is 3.54. The first kappa shape index (κ1) is 15.2. The Morgan fingerprint density at radius 2 is 1.95 bits per heavy atom. The predicted molar refractivity (Wildman–Crippen MR) is 83.0 cm³/mol. The van der Waals surface area contributed by atoms with E-state index in [1.165, 1.54) is 0 Å². The fourth-order valence-electron chi connectivity index (χ4n) is 3.43. The monoisotopic (exact) mass is 320 g/mol. The molecule has 1 aliphatic carbocycles. The second-order valence-corrected chi connectivity index (χ2v) is 7.04. The highest BCUT2D eigenvalue weighted by atomic mass is 32.1. The van der Waals surface area contributed by atoms with Crippen LogP contribution in [0.2, 0.25) is 0 Å². The summed E-state index contributed by atoms with van der Waals surface area (Å²) in [5.74, 6) is -0.976. The number of amides is 3. The summed E-state index contributed by atoms with van der Waals surface area (Å²) in [5.41, 5.74) is 0. The molecule has 1 saturated heterocycles. The summed E-state index contributed by atoms with van der Waals surface area (Å²) in [4.78, 5) is 39.0. The number of fused-ring (bicyclic) bond motifs is 1. The minimum Gasteiger partial charge on any atom is -0.347 e. The highest BCUT2D eigenvalue weighted by Gasteiger charge is 2.48. The van der Waals surface area contributed by atoms with Gasteiger partial charge in [0.25, 0.3) is 0 Å². The van der Waals surface area contributed by atoms with Gasteiger partial charge in [-0.2, -0.15) is 0 Å². The van der Waals surface area contributed by atoms with Gasteiger partial charge in [0.2, 0.25) is 17.7 Å². The van der Waals surface area contributed by atoms with Crippen LogP contribution < -0.4 is 5.32 Å². The molecule has 0 aromatic carbocycles. The lowest BCUT2D eigenvalue weighted by Gasteiger charge is -2.19. The Morgan fingerprint density at radius 1 is 1.32 bits per heavy atom. The third kappa shape index (κ3) is 2.79. The number of carbonyl (C=O) groups excluding carboxylic acids is 3. The van der Waals surface area contributed by atoms with Gasteiger partial charge in [-0.15, -0.1) is 11.3 Å². The molecule has 1 aromatic heterocycles. The molecule has 0 spiro atoms. The number of nitrogens with zero attached hydrogens (tertiary/aromatic N) is 1. The summed E-state index contributed by atoms with van der Waals surface area (Å²) in [5, 5.41) is 4.81. The maximum Gasteiger partial charge on any atom is 0.240 e. The third-order valence-electron chi connectivity index (χ3n) is 4.58. The lowest BCUT2D eigenvalue weighted by molar-refractivity contribution is -0.143. The van der Waals surface area contributed by atoms with Crippen molar-refractivity contribution in [3.05, 3.63) is 22.4 Å². The first-order valence-corrected chi connectivity index (χ1v) is 8.64. The van der Waals surface area contributed by atoms with Crippen molar-refractivity contribution in [1.29, 1.82) is 0 Å². The third-order valence-corrected chi connectivity index (χ3v) is 5.64. The van der Waals surface area contributed by atoms with Crippen molar-refractivity contribution in [3.8, 4) is 0 Å². The number of carbonyl (C=O) groups is 3. The van der Waals surface area contributed by atoms with Crippen LogP contribution in [0.4, 0.5) is 0 Å². The molecule has 1 N–H and O–H groups in total. The van der Waals surface area contributed by atoms with Gasteiger partial charge in [-0.25, -0.2) is 0 Å². The van der Waals surface area contributed by atoms with Crippen LogP contribution in [0.1, 0.15) is 43.5 Å². The number of thiophene rings is 1. The molecule has 3 unspecified atom stereocenters. The van der Waals surface area contributed by atoms with Gasteiger partial charge < -0.3 is 5.32 Å². The van der Waals surface area contributed by atoms with E-state index >= 15 is 0 Å². The van der Waals surface area contributed by atoms with Crippen molar-refractivity contribution in [3.63, 3.8) is 0 Å².